The second kappa shape index (κ2) is 3.71. The van der Waals surface area contributed by atoms with Gasteiger partial charge < -0.3 is 9.47 Å². The van der Waals surface area contributed by atoms with Crippen molar-refractivity contribution in [3.05, 3.63) is 0 Å². The molecule has 0 bridgehead atoms. The lowest BCUT2D eigenvalue weighted by Gasteiger charge is -2.38. The largest absolute Gasteiger partial charge is 0.350 e. The molecule has 0 aromatic rings. The second-order valence-electron chi connectivity index (χ2n) is 5.83. The first-order valence-corrected chi connectivity index (χ1v) is 5.82. The molecule has 80 valence electrons. The van der Waals surface area contributed by atoms with Crippen molar-refractivity contribution in [1.29, 1.82) is 0 Å². The third-order valence-electron chi connectivity index (χ3n) is 1.10. The fourth-order valence-electron chi connectivity index (χ4n) is 1.50. The van der Waals surface area contributed by atoms with E-state index in [0.29, 0.717) is 0 Å². The summed E-state index contributed by atoms with van der Waals surface area (Å²) in [6.07, 6.45) is 0. The zero-order valence-electron chi connectivity index (χ0n) is 10.3. The molecule has 0 aromatic carbocycles. The molecular formula is C10H24O2Si. The van der Waals surface area contributed by atoms with Gasteiger partial charge >= 0.3 is 0 Å². The van der Waals surface area contributed by atoms with E-state index in [1.54, 1.807) is 0 Å². The molecule has 0 aliphatic carbocycles. The van der Waals surface area contributed by atoms with E-state index in [0.717, 1.165) is 10.2 Å². The zero-order valence-corrected chi connectivity index (χ0v) is 12.3. The van der Waals surface area contributed by atoms with E-state index in [1.165, 1.54) is 0 Å². The maximum absolute atomic E-state index is 5.84. The average molecular weight is 204 g/mol. The Morgan fingerprint density at radius 2 is 0.923 bits per heavy atom. The highest BCUT2D eigenvalue weighted by atomic mass is 28.1. The first-order valence-electron chi connectivity index (χ1n) is 4.82. The van der Waals surface area contributed by atoms with Crippen LogP contribution in [0.3, 0.4) is 0 Å². The molecule has 0 fully saturated rings. The summed E-state index contributed by atoms with van der Waals surface area (Å²) in [6.45, 7) is 14.3. The van der Waals surface area contributed by atoms with Crippen molar-refractivity contribution in [3.63, 3.8) is 0 Å². The molecule has 3 heteroatoms. The minimum Gasteiger partial charge on any atom is -0.350 e. The lowest BCUT2D eigenvalue weighted by molar-refractivity contribution is -0.254. The van der Waals surface area contributed by atoms with Crippen LogP contribution in [0.4, 0.5) is 0 Å². The summed E-state index contributed by atoms with van der Waals surface area (Å²) in [7, 11) is 0.866. The van der Waals surface area contributed by atoms with Gasteiger partial charge in [-0.25, -0.2) is 0 Å². The van der Waals surface area contributed by atoms with E-state index < -0.39 is 5.41 Å². The molecule has 0 amide bonds. The van der Waals surface area contributed by atoms with Gasteiger partial charge in [0.05, 0.1) is 21.4 Å². The molecule has 0 unspecified atom stereocenters. The first-order chi connectivity index (χ1) is 5.41. The predicted octanol–water partition coefficient (Wildman–Crippen LogP) is 1.66. The summed E-state index contributed by atoms with van der Waals surface area (Å²) in [5, 5.41) is 0. The molecule has 0 rings (SSSR count). The van der Waals surface area contributed by atoms with Crippen molar-refractivity contribution in [2.24, 2.45) is 0 Å². The Hall–Kier alpha value is 0.137. The molecular weight excluding hydrogens is 180 g/mol. The molecule has 0 atom stereocenters. The normalized spacial score (nSPS) is 15.0. The third kappa shape index (κ3) is 8.47. The van der Waals surface area contributed by atoms with E-state index in [-0.39, 0.29) is 11.2 Å². The average Bonchev–Trinajstić information content (AvgIpc) is 1.43. The Morgan fingerprint density at radius 3 is 1.08 bits per heavy atom. The topological polar surface area (TPSA) is 18.5 Å². The molecule has 0 spiro atoms. The van der Waals surface area contributed by atoms with E-state index in [4.69, 9.17) is 9.47 Å². The van der Waals surface area contributed by atoms with Crippen molar-refractivity contribution in [2.45, 2.75) is 65.1 Å². The molecule has 2 nitrogen and oxygen atoms in total. The number of ether oxygens (including phenoxy) is 2. The maximum Gasteiger partial charge on any atom is 0.140 e. The molecule has 0 heterocycles. The minimum atomic E-state index is -0.392. The molecule has 0 aromatic heterocycles. The highest BCUT2D eigenvalue weighted by Gasteiger charge is 2.30. The van der Waals surface area contributed by atoms with E-state index in [1.807, 2.05) is 6.92 Å². The number of hydrogen-bond acceptors (Lipinski definition) is 2. The maximum atomic E-state index is 5.84. The SMILES string of the molecule is CC(C)(C)OC(C)([SiH3])OC(C)(C)C. The third-order valence-corrected chi connectivity index (χ3v) is 1.51. The van der Waals surface area contributed by atoms with Crippen LogP contribution >= 0.6 is 0 Å². The van der Waals surface area contributed by atoms with Crippen LogP contribution in [0, 0.1) is 0 Å². The van der Waals surface area contributed by atoms with Crippen LogP contribution in [-0.2, 0) is 9.47 Å². The zero-order chi connectivity index (χ0) is 10.9. The van der Waals surface area contributed by atoms with Gasteiger partial charge in [-0.1, -0.05) is 0 Å². The lowest BCUT2D eigenvalue weighted by Crippen LogP contribution is -2.45. The first kappa shape index (κ1) is 13.1. The standard InChI is InChI=1S/C10H24O2Si/c1-8(2,3)11-10(7,13)12-9(4,5)6/h1-7,13H3. The van der Waals surface area contributed by atoms with Crippen LogP contribution in [0.5, 0.6) is 0 Å². The van der Waals surface area contributed by atoms with Gasteiger partial charge in [0.25, 0.3) is 0 Å². The Kier molecular flexibility index (Phi) is 3.75. The van der Waals surface area contributed by atoms with Crippen molar-refractivity contribution in [3.8, 4) is 0 Å². The summed E-state index contributed by atoms with van der Waals surface area (Å²) in [5.74, 6) is 0. The molecule has 13 heavy (non-hydrogen) atoms. The van der Waals surface area contributed by atoms with Gasteiger partial charge in [0, 0.05) is 0 Å². The van der Waals surface area contributed by atoms with Crippen molar-refractivity contribution in [2.75, 3.05) is 0 Å². The van der Waals surface area contributed by atoms with Gasteiger partial charge in [-0.2, -0.15) is 0 Å². The van der Waals surface area contributed by atoms with Crippen LogP contribution in [-0.4, -0.2) is 26.9 Å². The summed E-state index contributed by atoms with van der Waals surface area (Å²) in [6, 6.07) is 0. The smallest absolute Gasteiger partial charge is 0.140 e. The fraction of sp³-hybridized carbons (Fsp3) is 1.00. The van der Waals surface area contributed by atoms with Crippen LogP contribution in [0.1, 0.15) is 48.5 Å². The number of rotatable bonds is 2. The Labute approximate surface area is 85.4 Å². The lowest BCUT2D eigenvalue weighted by atomic mass is 10.2. The van der Waals surface area contributed by atoms with Gasteiger partial charge in [0.1, 0.15) is 5.41 Å². The number of hydrogen-bond donors (Lipinski definition) is 0. The summed E-state index contributed by atoms with van der Waals surface area (Å²) in [4.78, 5) is 0. The van der Waals surface area contributed by atoms with E-state index in [9.17, 15) is 0 Å². The summed E-state index contributed by atoms with van der Waals surface area (Å²) < 4.78 is 11.7. The highest BCUT2D eigenvalue weighted by molar-refractivity contribution is 6.13. The van der Waals surface area contributed by atoms with Gasteiger partial charge in [-0.15, -0.1) is 0 Å². The van der Waals surface area contributed by atoms with E-state index >= 15 is 0 Å². The van der Waals surface area contributed by atoms with Crippen molar-refractivity contribution < 1.29 is 9.47 Å². The highest BCUT2D eigenvalue weighted by Crippen LogP contribution is 2.23. The summed E-state index contributed by atoms with van der Waals surface area (Å²) in [5.41, 5.74) is -0.667. The molecule has 0 saturated heterocycles. The minimum absolute atomic E-state index is 0.137. The Morgan fingerprint density at radius 1 is 0.692 bits per heavy atom. The fourth-order valence-corrected chi connectivity index (χ4v) is 2.72. The predicted molar refractivity (Wildman–Crippen MR) is 60.0 cm³/mol. The van der Waals surface area contributed by atoms with Gasteiger partial charge in [0.15, 0.2) is 0 Å². The van der Waals surface area contributed by atoms with Crippen LogP contribution < -0.4 is 0 Å². The summed E-state index contributed by atoms with van der Waals surface area (Å²) >= 11 is 0. The van der Waals surface area contributed by atoms with Gasteiger partial charge in [-0.3, -0.25) is 0 Å². The Bertz CT molecular complexity index is 145. The van der Waals surface area contributed by atoms with Crippen LogP contribution in [0.25, 0.3) is 0 Å². The van der Waals surface area contributed by atoms with Gasteiger partial charge in [0.2, 0.25) is 0 Å². The molecule has 0 aliphatic heterocycles. The van der Waals surface area contributed by atoms with Crippen LogP contribution in [0.2, 0.25) is 0 Å². The van der Waals surface area contributed by atoms with Crippen molar-refractivity contribution >= 4 is 10.2 Å². The monoisotopic (exact) mass is 204 g/mol. The van der Waals surface area contributed by atoms with Gasteiger partial charge in [-0.05, 0) is 48.5 Å². The van der Waals surface area contributed by atoms with E-state index in [2.05, 4.69) is 41.5 Å². The Balaban J connectivity index is 4.25. The quantitative estimate of drug-likeness (QED) is 0.503. The molecule has 0 radical (unpaired) electrons. The van der Waals surface area contributed by atoms with Crippen LogP contribution in [0.15, 0.2) is 0 Å². The molecule has 0 aliphatic rings. The molecule has 0 saturated carbocycles. The molecule has 0 N–H and O–H groups in total. The second-order valence-corrected chi connectivity index (χ2v) is 7.65. The van der Waals surface area contributed by atoms with Crippen molar-refractivity contribution in [1.82, 2.24) is 0 Å².